The molecule has 1 fully saturated rings. The zero-order valence-electron chi connectivity index (χ0n) is 16.1. The van der Waals surface area contributed by atoms with E-state index in [-0.39, 0.29) is 4.90 Å². The Morgan fingerprint density at radius 2 is 1.73 bits per heavy atom. The van der Waals surface area contributed by atoms with Gasteiger partial charge in [0.25, 0.3) is 0 Å². The third kappa shape index (κ3) is 3.63. The van der Waals surface area contributed by atoms with Gasteiger partial charge in [0.2, 0.25) is 10.0 Å². The number of para-hydroxylation sites is 1. The maximum Gasteiger partial charge on any atom is 0.245 e. The lowest BCUT2D eigenvalue weighted by atomic mass is 10.3. The molecule has 1 aliphatic rings. The van der Waals surface area contributed by atoms with Crippen molar-refractivity contribution in [3.63, 3.8) is 0 Å². The van der Waals surface area contributed by atoms with Crippen LogP contribution in [0.25, 0.3) is 16.7 Å². The van der Waals surface area contributed by atoms with Crippen LogP contribution in [-0.4, -0.2) is 62.3 Å². The van der Waals surface area contributed by atoms with E-state index in [9.17, 15) is 8.42 Å². The smallest absolute Gasteiger partial charge is 0.245 e. The zero-order chi connectivity index (χ0) is 20.6. The number of hydrogen-bond donors (Lipinski definition) is 0. The number of piperazine rings is 1. The largest absolute Gasteiger partial charge is 0.296 e. The van der Waals surface area contributed by atoms with Crippen molar-refractivity contribution in [1.82, 2.24) is 27.7 Å². The molecule has 10 heteroatoms. The second-order valence-corrected chi connectivity index (χ2v) is 9.63. The van der Waals surface area contributed by atoms with Crippen molar-refractivity contribution in [3.05, 3.63) is 66.5 Å². The molecule has 2 aromatic carbocycles. The van der Waals surface area contributed by atoms with E-state index in [1.54, 1.807) is 22.5 Å². The van der Waals surface area contributed by atoms with Crippen LogP contribution in [0.5, 0.6) is 0 Å². The summed E-state index contributed by atoms with van der Waals surface area (Å²) in [5.41, 5.74) is 3.20. The zero-order valence-corrected chi connectivity index (χ0v) is 17.8. The van der Waals surface area contributed by atoms with E-state index in [0.29, 0.717) is 37.2 Å². The molecule has 3 heterocycles. The predicted octanol–water partition coefficient (Wildman–Crippen LogP) is 2.38. The summed E-state index contributed by atoms with van der Waals surface area (Å²) in [5, 5.41) is 4.44. The van der Waals surface area contributed by atoms with Gasteiger partial charge < -0.3 is 0 Å². The molecule has 0 saturated carbocycles. The normalized spacial score (nSPS) is 16.3. The molecule has 0 radical (unpaired) electrons. The van der Waals surface area contributed by atoms with Crippen molar-refractivity contribution < 1.29 is 8.42 Å². The van der Waals surface area contributed by atoms with Gasteiger partial charge in [-0.15, -0.1) is 0 Å². The van der Waals surface area contributed by atoms with E-state index < -0.39 is 10.0 Å². The predicted molar refractivity (Wildman–Crippen MR) is 115 cm³/mol. The van der Waals surface area contributed by atoms with Gasteiger partial charge in [0.1, 0.15) is 15.9 Å². The van der Waals surface area contributed by atoms with Crippen LogP contribution < -0.4 is 0 Å². The summed E-state index contributed by atoms with van der Waals surface area (Å²) in [6, 6.07) is 15.1. The van der Waals surface area contributed by atoms with Crippen molar-refractivity contribution in [2.24, 2.45) is 0 Å². The van der Waals surface area contributed by atoms with Crippen LogP contribution in [-0.2, 0) is 16.6 Å². The molecule has 30 heavy (non-hydrogen) atoms. The Labute approximate surface area is 178 Å². The summed E-state index contributed by atoms with van der Waals surface area (Å²) in [4.78, 5) is 2.50. The van der Waals surface area contributed by atoms with Gasteiger partial charge in [0.05, 0.1) is 23.6 Å². The Balaban J connectivity index is 1.26. The summed E-state index contributed by atoms with van der Waals surface area (Å²) in [7, 11) is -3.59. The number of sulfonamides is 1. The number of nitrogens with zero attached hydrogens (tertiary/aromatic N) is 6. The highest BCUT2D eigenvalue weighted by Gasteiger charge is 2.30. The first-order chi connectivity index (χ1) is 14.6. The Morgan fingerprint density at radius 3 is 2.53 bits per heavy atom. The summed E-state index contributed by atoms with van der Waals surface area (Å²) in [5.74, 6) is 0. The van der Waals surface area contributed by atoms with Crippen molar-refractivity contribution in [2.75, 3.05) is 26.2 Å². The van der Waals surface area contributed by atoms with Crippen LogP contribution in [0.2, 0.25) is 0 Å². The Bertz CT molecular complexity index is 1260. The molecule has 0 atom stereocenters. The number of hydrogen-bond acceptors (Lipinski definition) is 7. The van der Waals surface area contributed by atoms with Gasteiger partial charge in [-0.25, -0.2) is 13.1 Å². The molecule has 0 spiro atoms. The summed E-state index contributed by atoms with van der Waals surface area (Å²) in [6.45, 7) is 2.97. The highest BCUT2D eigenvalue weighted by atomic mass is 32.2. The van der Waals surface area contributed by atoms with Crippen LogP contribution in [0.15, 0.2) is 65.8 Å². The molecule has 0 N–H and O–H groups in total. The second-order valence-electron chi connectivity index (χ2n) is 7.20. The number of aromatic nitrogens is 4. The maximum atomic E-state index is 13.2. The van der Waals surface area contributed by atoms with Gasteiger partial charge in [0, 0.05) is 44.5 Å². The molecule has 0 unspecified atom stereocenters. The molecule has 0 amide bonds. The molecule has 154 valence electrons. The number of fused-ring (bicyclic) bond motifs is 1. The molecule has 4 aromatic rings. The van der Waals surface area contributed by atoms with E-state index >= 15 is 0 Å². The molecule has 2 aromatic heterocycles. The maximum absolute atomic E-state index is 13.2. The van der Waals surface area contributed by atoms with Crippen LogP contribution in [0.1, 0.15) is 5.56 Å². The summed E-state index contributed by atoms with van der Waals surface area (Å²) < 4.78 is 38.1. The molecule has 8 nitrogen and oxygen atoms in total. The summed E-state index contributed by atoms with van der Waals surface area (Å²) in [6.07, 6.45) is 3.89. The lowest BCUT2D eigenvalue weighted by molar-refractivity contribution is 0.181. The van der Waals surface area contributed by atoms with Crippen molar-refractivity contribution in [1.29, 1.82) is 0 Å². The molecule has 1 aliphatic heterocycles. The molecule has 0 bridgehead atoms. The third-order valence-electron chi connectivity index (χ3n) is 5.26. The van der Waals surface area contributed by atoms with E-state index in [4.69, 9.17) is 0 Å². The second kappa shape index (κ2) is 7.88. The highest BCUT2D eigenvalue weighted by Crippen LogP contribution is 2.25. The standard InChI is InChI=1S/C20H20N6O2S2/c27-30(28,19-8-4-7-18-20(19)23-29-22-18)25-11-9-24(10-12-25)14-16-13-21-26(15-16)17-5-2-1-3-6-17/h1-8,13,15H,9-12,14H2. The number of benzene rings is 2. The minimum absolute atomic E-state index is 0.242. The van der Waals surface area contributed by atoms with E-state index in [2.05, 4.69) is 18.7 Å². The van der Waals surface area contributed by atoms with E-state index in [0.717, 1.165) is 29.5 Å². The molecular weight excluding hydrogens is 420 g/mol. The van der Waals surface area contributed by atoms with Gasteiger partial charge in [-0.1, -0.05) is 24.3 Å². The molecule has 0 aliphatic carbocycles. The molecule has 5 rings (SSSR count). The van der Waals surface area contributed by atoms with Crippen molar-refractivity contribution in [3.8, 4) is 5.69 Å². The third-order valence-corrected chi connectivity index (χ3v) is 7.73. The topological polar surface area (TPSA) is 84.2 Å². The van der Waals surface area contributed by atoms with E-state index in [1.807, 2.05) is 47.4 Å². The fraction of sp³-hybridized carbons (Fsp3) is 0.250. The van der Waals surface area contributed by atoms with Gasteiger partial charge in [-0.05, 0) is 24.3 Å². The van der Waals surface area contributed by atoms with Crippen LogP contribution in [0, 0.1) is 0 Å². The van der Waals surface area contributed by atoms with Crippen LogP contribution in [0.4, 0.5) is 0 Å². The minimum atomic E-state index is -3.59. The average molecular weight is 441 g/mol. The molecular formula is C20H20N6O2S2. The van der Waals surface area contributed by atoms with Gasteiger partial charge in [-0.3, -0.25) is 4.90 Å². The lowest BCUT2D eigenvalue weighted by Gasteiger charge is -2.33. The molecule has 1 saturated heterocycles. The first-order valence-corrected chi connectivity index (χ1v) is 11.8. The average Bonchev–Trinajstić information content (AvgIpc) is 3.44. The van der Waals surface area contributed by atoms with Gasteiger partial charge in [0.15, 0.2) is 0 Å². The summed E-state index contributed by atoms with van der Waals surface area (Å²) >= 11 is 1.03. The number of rotatable bonds is 5. The quantitative estimate of drug-likeness (QED) is 0.474. The first kappa shape index (κ1) is 19.3. The van der Waals surface area contributed by atoms with Crippen LogP contribution >= 0.6 is 11.7 Å². The minimum Gasteiger partial charge on any atom is -0.296 e. The Hall–Kier alpha value is -2.66. The lowest BCUT2D eigenvalue weighted by Crippen LogP contribution is -2.48. The van der Waals surface area contributed by atoms with Crippen molar-refractivity contribution in [2.45, 2.75) is 11.4 Å². The Kier molecular flexibility index (Phi) is 5.07. The van der Waals surface area contributed by atoms with E-state index in [1.165, 1.54) is 0 Å². The fourth-order valence-corrected chi connectivity index (χ4v) is 5.85. The van der Waals surface area contributed by atoms with Gasteiger partial charge >= 0.3 is 0 Å². The van der Waals surface area contributed by atoms with Gasteiger partial charge in [-0.2, -0.15) is 18.2 Å². The Morgan fingerprint density at radius 1 is 0.933 bits per heavy atom. The highest BCUT2D eigenvalue weighted by molar-refractivity contribution is 7.89. The SMILES string of the molecule is O=S(=O)(c1cccc2nsnc12)N1CCN(Cc2cnn(-c3ccccc3)c2)CC1. The first-order valence-electron chi connectivity index (χ1n) is 9.64. The monoisotopic (exact) mass is 440 g/mol. The van der Waals surface area contributed by atoms with Crippen molar-refractivity contribution >= 4 is 32.8 Å². The van der Waals surface area contributed by atoms with Crippen LogP contribution in [0.3, 0.4) is 0 Å². The fourth-order valence-electron chi connectivity index (χ4n) is 3.68.